The van der Waals surface area contributed by atoms with Crippen LogP contribution in [0.15, 0.2) is 0 Å². The van der Waals surface area contributed by atoms with E-state index < -0.39 is 16.8 Å². The highest BCUT2D eigenvalue weighted by Crippen LogP contribution is 2.11. The Kier molecular flexibility index (Phi) is 14.1. The molecule has 0 aliphatic carbocycles. The summed E-state index contributed by atoms with van der Waals surface area (Å²) in [5, 5.41) is 0. The van der Waals surface area contributed by atoms with Gasteiger partial charge in [-0.2, -0.15) is 0 Å². The van der Waals surface area contributed by atoms with Crippen molar-refractivity contribution in [2.75, 3.05) is 72.0 Å². The zero-order valence-electron chi connectivity index (χ0n) is 25.4. The summed E-state index contributed by atoms with van der Waals surface area (Å²) in [6.07, 6.45) is 0. The van der Waals surface area contributed by atoms with Crippen molar-refractivity contribution in [2.24, 2.45) is 0 Å². The molecule has 1 heterocycles. The highest BCUT2D eigenvalue weighted by molar-refractivity contribution is 8.10. The maximum atomic E-state index is 12.7. The van der Waals surface area contributed by atoms with E-state index in [0.717, 1.165) is 0 Å². The summed E-state index contributed by atoms with van der Waals surface area (Å²) in [4.78, 5) is 45.9. The van der Waals surface area contributed by atoms with Crippen LogP contribution >= 0.6 is 24.8 Å². The molecule has 0 radical (unpaired) electrons. The molecule has 1 fully saturated rings. The first kappa shape index (κ1) is 35.6. The lowest BCUT2D eigenvalue weighted by Gasteiger charge is -2.34. The van der Waals surface area contributed by atoms with Crippen LogP contribution in [0.25, 0.3) is 0 Å². The molecule has 1 aliphatic heterocycles. The molecule has 39 heavy (non-hydrogen) atoms. The quantitative estimate of drug-likeness (QED) is 0.214. The van der Waals surface area contributed by atoms with E-state index in [1.54, 1.807) is 0 Å². The molecule has 0 atom stereocenters. The van der Waals surface area contributed by atoms with Gasteiger partial charge in [0.05, 0.1) is 19.6 Å². The van der Waals surface area contributed by atoms with Crippen LogP contribution in [0.5, 0.6) is 0 Å². The average Bonchev–Trinajstić information content (AvgIpc) is 2.69. The number of hydrogen-bond acceptors (Lipinski definition) is 10. The maximum absolute atomic E-state index is 12.7. The van der Waals surface area contributed by atoms with E-state index >= 15 is 0 Å². The average molecular weight is 591 g/mol. The van der Waals surface area contributed by atoms with Gasteiger partial charge >= 0.3 is 17.9 Å². The molecule has 1 saturated heterocycles. The van der Waals surface area contributed by atoms with E-state index in [2.05, 4.69) is 12.6 Å². The first-order valence-corrected chi connectivity index (χ1v) is 14.4. The second kappa shape index (κ2) is 15.5. The molecule has 226 valence electrons. The molecule has 10 nitrogen and oxygen atoms in total. The van der Waals surface area contributed by atoms with Gasteiger partial charge in [-0.25, -0.2) is 0 Å². The minimum absolute atomic E-state index is 0.102. The van der Waals surface area contributed by atoms with Crippen molar-refractivity contribution in [1.82, 2.24) is 19.6 Å². The van der Waals surface area contributed by atoms with Crippen LogP contribution < -0.4 is 0 Å². The van der Waals surface area contributed by atoms with Gasteiger partial charge < -0.3 is 19.1 Å². The van der Waals surface area contributed by atoms with Crippen molar-refractivity contribution < 1.29 is 28.6 Å². The molecule has 1 aliphatic rings. The molecule has 0 aromatic heterocycles. The summed E-state index contributed by atoms with van der Waals surface area (Å²) in [7, 11) is 0. The van der Waals surface area contributed by atoms with Crippen LogP contribution in [-0.2, 0) is 28.6 Å². The van der Waals surface area contributed by atoms with Crippen LogP contribution in [0.3, 0.4) is 0 Å². The lowest BCUT2D eigenvalue weighted by molar-refractivity contribution is -0.158. The van der Waals surface area contributed by atoms with Crippen LogP contribution in [0.1, 0.15) is 62.3 Å². The monoisotopic (exact) mass is 590 g/mol. The third-order valence-electron chi connectivity index (χ3n) is 5.43. The molecule has 0 bridgehead atoms. The number of nitrogens with zero attached hydrogens (tertiary/aromatic N) is 4. The fourth-order valence-corrected chi connectivity index (χ4v) is 4.25. The zero-order chi connectivity index (χ0) is 30.0. The summed E-state index contributed by atoms with van der Waals surface area (Å²) in [6.45, 7) is 21.2. The van der Waals surface area contributed by atoms with Gasteiger partial charge in [0.1, 0.15) is 21.1 Å². The first-order valence-electron chi connectivity index (χ1n) is 13.5. The number of carbonyl (C=O) groups excluding carboxylic acids is 3. The Morgan fingerprint density at radius 3 is 1.00 bits per heavy atom. The number of hydrogen-bond donors (Lipinski definition) is 1. The van der Waals surface area contributed by atoms with Gasteiger partial charge in [0.25, 0.3) is 0 Å². The Hall–Kier alpha value is -1.47. The molecule has 0 spiro atoms. The molecule has 0 unspecified atom stereocenters. The molecule has 1 rings (SSSR count). The van der Waals surface area contributed by atoms with E-state index in [-0.39, 0.29) is 37.5 Å². The van der Waals surface area contributed by atoms with Gasteiger partial charge in [-0.15, -0.1) is 12.6 Å². The topological polar surface area (TPSA) is 91.9 Å². The highest BCUT2D eigenvalue weighted by atomic mass is 32.1. The normalized spacial score (nSPS) is 18.1. The second-order valence-corrected chi connectivity index (χ2v) is 14.0. The van der Waals surface area contributed by atoms with Crippen LogP contribution in [-0.4, -0.2) is 131 Å². The number of esters is 3. The fraction of sp³-hybridized carbons (Fsp3) is 0.852. The molecular weight excluding hydrogens is 540 g/mol. The van der Waals surface area contributed by atoms with Gasteiger partial charge in [-0.1, -0.05) is 12.2 Å². The second-order valence-electron chi connectivity index (χ2n) is 12.9. The molecule has 12 heteroatoms. The van der Waals surface area contributed by atoms with E-state index in [9.17, 15) is 14.4 Å². The third-order valence-corrected chi connectivity index (χ3v) is 5.97. The standard InChI is InChI=1S/C27H50N4O6S2/c1-25(2,3)35-21(32)18-28-10-12-29(19-22(33)36-26(4,5)6)14-16-31(24(38)39)17-15-30(13-11-28)20-23(34)37-27(7,8)9/h10-20H2,1-9H3,(H,38,39). The minimum Gasteiger partial charge on any atom is -0.459 e. The van der Waals surface area contributed by atoms with Crippen molar-refractivity contribution >= 4 is 47.1 Å². The third kappa shape index (κ3) is 17.8. The number of rotatable bonds is 6. The molecule has 0 aromatic rings. The van der Waals surface area contributed by atoms with Crippen molar-refractivity contribution in [3.63, 3.8) is 0 Å². The largest absolute Gasteiger partial charge is 0.459 e. The SMILES string of the molecule is CC(C)(C)OC(=O)CN1CCN(CC(=O)OC(C)(C)C)CCN(C(=S)S)CCN(CC(=O)OC(C)(C)C)CC1. The van der Waals surface area contributed by atoms with Crippen LogP contribution in [0, 0.1) is 0 Å². The van der Waals surface area contributed by atoms with E-state index in [4.69, 9.17) is 26.4 Å². The van der Waals surface area contributed by atoms with Gasteiger partial charge in [0, 0.05) is 52.4 Å². The maximum Gasteiger partial charge on any atom is 0.320 e. The van der Waals surface area contributed by atoms with Crippen molar-refractivity contribution in [2.45, 2.75) is 79.1 Å². The Labute approximate surface area is 246 Å². The van der Waals surface area contributed by atoms with Gasteiger partial charge in [0.15, 0.2) is 0 Å². The van der Waals surface area contributed by atoms with Gasteiger partial charge in [-0.05, 0) is 62.3 Å². The van der Waals surface area contributed by atoms with Gasteiger partial charge in [0.2, 0.25) is 0 Å². The van der Waals surface area contributed by atoms with E-state index in [1.165, 1.54) is 0 Å². The highest BCUT2D eigenvalue weighted by Gasteiger charge is 2.25. The lowest BCUT2D eigenvalue weighted by Crippen LogP contribution is -2.49. The minimum atomic E-state index is -0.593. The Morgan fingerprint density at radius 2 is 0.795 bits per heavy atom. The number of thiocarbonyl (C=S) groups is 1. The molecular formula is C27H50N4O6S2. The summed E-state index contributed by atoms with van der Waals surface area (Å²) >= 11 is 9.78. The summed E-state index contributed by atoms with van der Waals surface area (Å²) in [5.74, 6) is -0.938. The van der Waals surface area contributed by atoms with Gasteiger partial charge in [-0.3, -0.25) is 29.1 Å². The van der Waals surface area contributed by atoms with E-state index in [1.807, 2.05) is 81.9 Å². The first-order chi connectivity index (χ1) is 17.7. The molecule has 0 aromatic carbocycles. The van der Waals surface area contributed by atoms with Crippen molar-refractivity contribution in [1.29, 1.82) is 0 Å². The Balaban J connectivity index is 3.10. The van der Waals surface area contributed by atoms with Crippen LogP contribution in [0.2, 0.25) is 0 Å². The molecule has 0 amide bonds. The van der Waals surface area contributed by atoms with Crippen LogP contribution in [0.4, 0.5) is 0 Å². The lowest BCUT2D eigenvalue weighted by atomic mass is 10.2. The summed E-state index contributed by atoms with van der Waals surface area (Å²) in [5.41, 5.74) is -1.75. The zero-order valence-corrected chi connectivity index (χ0v) is 27.1. The summed E-state index contributed by atoms with van der Waals surface area (Å²) in [6, 6.07) is 0. The number of ether oxygens (including phenoxy) is 3. The Bertz CT molecular complexity index is 790. The predicted molar refractivity (Wildman–Crippen MR) is 160 cm³/mol. The number of thiol groups is 1. The number of carbonyl (C=O) groups is 3. The summed E-state index contributed by atoms with van der Waals surface area (Å²) < 4.78 is 17.1. The van der Waals surface area contributed by atoms with E-state index in [0.29, 0.717) is 56.7 Å². The fourth-order valence-electron chi connectivity index (χ4n) is 3.87. The van der Waals surface area contributed by atoms with Crippen molar-refractivity contribution in [3.8, 4) is 0 Å². The Morgan fingerprint density at radius 1 is 0.564 bits per heavy atom. The molecule has 0 saturated carbocycles. The molecule has 0 N–H and O–H groups in total. The smallest absolute Gasteiger partial charge is 0.320 e. The van der Waals surface area contributed by atoms with Crippen molar-refractivity contribution in [3.05, 3.63) is 0 Å². The predicted octanol–water partition coefficient (Wildman–Crippen LogP) is 2.45.